The third-order valence-corrected chi connectivity index (χ3v) is 4.73. The highest BCUT2D eigenvalue weighted by Crippen LogP contribution is 2.23. The molecule has 1 aromatic carbocycles. The Bertz CT molecular complexity index is 878. The van der Waals surface area contributed by atoms with Crippen molar-refractivity contribution in [3.8, 4) is 5.75 Å². The van der Waals surface area contributed by atoms with Crippen molar-refractivity contribution in [2.24, 2.45) is 0 Å². The number of hydrogen-bond acceptors (Lipinski definition) is 6. The van der Waals surface area contributed by atoms with E-state index in [1.807, 2.05) is 13.2 Å². The van der Waals surface area contributed by atoms with Crippen molar-refractivity contribution in [2.75, 3.05) is 12.0 Å². The molecule has 2 unspecified atom stereocenters. The molecule has 0 saturated carbocycles. The Hall–Kier alpha value is -2.48. The Balaban J connectivity index is 2.12. The lowest BCUT2D eigenvalue weighted by molar-refractivity contribution is -0.142. The van der Waals surface area contributed by atoms with Gasteiger partial charge in [0.15, 0.2) is 6.10 Å². The molecule has 2 atom stereocenters. The highest BCUT2D eigenvalue weighted by atomic mass is 32.2. The van der Waals surface area contributed by atoms with E-state index >= 15 is 0 Å². The van der Waals surface area contributed by atoms with Crippen molar-refractivity contribution in [1.29, 1.82) is 0 Å². The van der Waals surface area contributed by atoms with Crippen LogP contribution in [0.3, 0.4) is 0 Å². The molecule has 2 N–H and O–H groups in total. The number of amides is 1. The first-order valence-corrected chi connectivity index (χ1v) is 10.0. The van der Waals surface area contributed by atoms with Crippen LogP contribution in [-0.4, -0.2) is 41.1 Å². The van der Waals surface area contributed by atoms with E-state index in [0.29, 0.717) is 29.9 Å². The molecule has 8 heteroatoms. The van der Waals surface area contributed by atoms with Crippen LogP contribution in [0.2, 0.25) is 0 Å². The van der Waals surface area contributed by atoms with Crippen molar-refractivity contribution in [3.05, 3.63) is 40.2 Å². The summed E-state index contributed by atoms with van der Waals surface area (Å²) in [5.74, 6) is -0.621. The van der Waals surface area contributed by atoms with Crippen molar-refractivity contribution in [3.63, 3.8) is 0 Å². The minimum Gasteiger partial charge on any atom is -0.481 e. The van der Waals surface area contributed by atoms with Gasteiger partial charge in [-0.05, 0) is 49.5 Å². The summed E-state index contributed by atoms with van der Waals surface area (Å²) in [6, 6.07) is 5.52. The minimum atomic E-state index is -1.08. The lowest BCUT2D eigenvalue weighted by atomic mass is 10.1. The maximum atomic E-state index is 12.3. The maximum Gasteiger partial charge on any atom is 0.336 e. The Morgan fingerprint density at radius 2 is 2.07 bits per heavy atom. The molecular formula is C19H23NO6S. The van der Waals surface area contributed by atoms with Crippen LogP contribution in [0, 0.1) is 0 Å². The van der Waals surface area contributed by atoms with E-state index < -0.39 is 29.6 Å². The number of thioether (sulfide) groups is 1. The second kappa shape index (κ2) is 9.45. The highest BCUT2D eigenvalue weighted by Gasteiger charge is 2.23. The van der Waals surface area contributed by atoms with Crippen LogP contribution in [0.1, 0.15) is 25.8 Å². The normalized spacial score (nSPS) is 13.1. The van der Waals surface area contributed by atoms with Crippen LogP contribution in [-0.2, 0) is 16.0 Å². The van der Waals surface area contributed by atoms with Crippen molar-refractivity contribution in [2.45, 2.75) is 38.8 Å². The number of carboxylic acid groups (broad SMARTS) is 1. The van der Waals surface area contributed by atoms with E-state index in [2.05, 4.69) is 5.32 Å². The van der Waals surface area contributed by atoms with Crippen LogP contribution in [0.5, 0.6) is 5.75 Å². The van der Waals surface area contributed by atoms with E-state index in [9.17, 15) is 19.5 Å². The predicted octanol–water partition coefficient (Wildman–Crippen LogP) is 2.45. The van der Waals surface area contributed by atoms with Gasteiger partial charge in [0.2, 0.25) is 0 Å². The maximum absolute atomic E-state index is 12.3. The van der Waals surface area contributed by atoms with Crippen molar-refractivity contribution in [1.82, 2.24) is 5.32 Å². The molecule has 7 nitrogen and oxygen atoms in total. The van der Waals surface area contributed by atoms with Gasteiger partial charge in [-0.15, -0.1) is 0 Å². The zero-order chi connectivity index (χ0) is 20.0. The third-order valence-electron chi connectivity index (χ3n) is 4.09. The molecule has 0 aliphatic heterocycles. The third kappa shape index (κ3) is 5.50. The molecule has 0 fully saturated rings. The second-order valence-corrected chi connectivity index (χ2v) is 7.03. The van der Waals surface area contributed by atoms with E-state index in [1.54, 1.807) is 18.2 Å². The van der Waals surface area contributed by atoms with Gasteiger partial charge >= 0.3 is 11.6 Å². The number of ether oxygens (including phenoxy) is 1. The first kappa shape index (κ1) is 20.8. The predicted molar refractivity (Wildman–Crippen MR) is 105 cm³/mol. The SMILES string of the molecule is CCc1cc(=O)oc2cc(OC(C)C(=O)NC(CCSC)C(=O)O)ccc12. The van der Waals surface area contributed by atoms with Crippen molar-refractivity contribution < 1.29 is 23.8 Å². The number of aliphatic carboxylic acids is 1. The zero-order valence-electron chi connectivity index (χ0n) is 15.5. The molecule has 2 aromatic rings. The Morgan fingerprint density at radius 3 is 2.70 bits per heavy atom. The lowest BCUT2D eigenvalue weighted by Gasteiger charge is -2.19. The van der Waals surface area contributed by atoms with Crippen molar-refractivity contribution >= 4 is 34.6 Å². The van der Waals surface area contributed by atoms with E-state index in [1.165, 1.54) is 24.8 Å². The van der Waals surface area contributed by atoms with Crippen LogP contribution in [0.25, 0.3) is 11.0 Å². The average Bonchev–Trinajstić information content (AvgIpc) is 2.63. The molecule has 0 aliphatic carbocycles. The van der Waals surface area contributed by atoms with E-state index in [-0.39, 0.29) is 0 Å². The molecule has 0 radical (unpaired) electrons. The van der Waals surface area contributed by atoms with Gasteiger partial charge in [0.1, 0.15) is 17.4 Å². The number of aryl methyl sites for hydroxylation is 1. The van der Waals surface area contributed by atoms with Gasteiger partial charge in [-0.25, -0.2) is 9.59 Å². The highest BCUT2D eigenvalue weighted by molar-refractivity contribution is 7.98. The van der Waals surface area contributed by atoms with Crippen LogP contribution >= 0.6 is 11.8 Å². The summed E-state index contributed by atoms with van der Waals surface area (Å²) in [5.41, 5.74) is 0.810. The summed E-state index contributed by atoms with van der Waals surface area (Å²) in [6.45, 7) is 3.48. The molecular weight excluding hydrogens is 370 g/mol. The molecule has 2 rings (SSSR count). The molecule has 0 aliphatic rings. The average molecular weight is 393 g/mol. The minimum absolute atomic E-state index is 0.329. The Labute approximate surface area is 161 Å². The molecule has 1 heterocycles. The van der Waals surface area contributed by atoms with Gasteiger partial charge in [0, 0.05) is 17.5 Å². The van der Waals surface area contributed by atoms with Gasteiger partial charge in [0.25, 0.3) is 5.91 Å². The molecule has 0 saturated heterocycles. The number of carbonyl (C=O) groups is 2. The summed E-state index contributed by atoms with van der Waals surface area (Å²) in [7, 11) is 0. The first-order chi connectivity index (χ1) is 12.8. The molecule has 146 valence electrons. The number of carbonyl (C=O) groups excluding carboxylic acids is 1. The van der Waals surface area contributed by atoms with Gasteiger partial charge in [-0.3, -0.25) is 4.79 Å². The first-order valence-electron chi connectivity index (χ1n) is 8.61. The number of fused-ring (bicyclic) bond motifs is 1. The number of hydrogen-bond donors (Lipinski definition) is 2. The lowest BCUT2D eigenvalue weighted by Crippen LogP contribution is -2.46. The summed E-state index contributed by atoms with van der Waals surface area (Å²) in [6.07, 6.45) is 1.98. The Kier molecular flexibility index (Phi) is 7.29. The fraction of sp³-hybridized carbons (Fsp3) is 0.421. The summed E-state index contributed by atoms with van der Waals surface area (Å²) >= 11 is 1.51. The van der Waals surface area contributed by atoms with E-state index in [0.717, 1.165) is 10.9 Å². The summed E-state index contributed by atoms with van der Waals surface area (Å²) in [4.78, 5) is 35.2. The summed E-state index contributed by atoms with van der Waals surface area (Å²) < 4.78 is 10.8. The quantitative estimate of drug-likeness (QED) is 0.630. The zero-order valence-corrected chi connectivity index (χ0v) is 16.3. The summed E-state index contributed by atoms with van der Waals surface area (Å²) in [5, 5.41) is 12.5. The topological polar surface area (TPSA) is 106 Å². The standard InChI is InChI=1S/C19H23NO6S/c1-4-12-9-17(21)26-16-10-13(5-6-14(12)16)25-11(2)18(22)20-15(19(23)24)7-8-27-3/h5-6,9-11,15H,4,7-8H2,1-3H3,(H,20,22)(H,23,24). The van der Waals surface area contributed by atoms with E-state index in [4.69, 9.17) is 9.15 Å². The molecule has 1 amide bonds. The molecule has 1 aromatic heterocycles. The number of carboxylic acids is 1. The van der Waals surface area contributed by atoms with Crippen LogP contribution in [0.15, 0.2) is 33.5 Å². The van der Waals surface area contributed by atoms with Gasteiger partial charge in [-0.1, -0.05) is 6.92 Å². The fourth-order valence-corrected chi connectivity index (χ4v) is 3.09. The van der Waals surface area contributed by atoms with Crippen LogP contribution in [0.4, 0.5) is 0 Å². The molecule has 0 bridgehead atoms. The molecule has 27 heavy (non-hydrogen) atoms. The number of nitrogens with one attached hydrogen (secondary N) is 1. The van der Waals surface area contributed by atoms with Gasteiger partial charge < -0.3 is 19.6 Å². The smallest absolute Gasteiger partial charge is 0.336 e. The van der Waals surface area contributed by atoms with Gasteiger partial charge in [0.05, 0.1) is 0 Å². The number of rotatable bonds is 9. The van der Waals surface area contributed by atoms with Gasteiger partial charge in [-0.2, -0.15) is 11.8 Å². The largest absolute Gasteiger partial charge is 0.481 e. The van der Waals surface area contributed by atoms with Crippen LogP contribution < -0.4 is 15.7 Å². The Morgan fingerprint density at radius 1 is 1.33 bits per heavy atom. The molecule has 0 spiro atoms. The monoisotopic (exact) mass is 393 g/mol. The number of benzene rings is 1. The second-order valence-electron chi connectivity index (χ2n) is 6.04. The fourth-order valence-electron chi connectivity index (χ4n) is 2.62.